The van der Waals surface area contributed by atoms with Gasteiger partial charge in [-0.05, 0) is 51.4 Å². The summed E-state index contributed by atoms with van der Waals surface area (Å²) in [6.07, 6.45) is 120. The van der Waals surface area contributed by atoms with Gasteiger partial charge in [0.15, 0.2) is 0 Å². The van der Waals surface area contributed by atoms with Gasteiger partial charge >= 0.3 is 8.80 Å². The molecule has 0 aliphatic carbocycles. The fraction of sp³-hybridized carbons (Fsp3) is 1.00. The minimum atomic E-state index is -3.34. The molecule has 0 fully saturated rings. The van der Waals surface area contributed by atoms with Gasteiger partial charge in [-0.1, -0.05) is 563 Å². The summed E-state index contributed by atoms with van der Waals surface area (Å²) in [6.45, 7) is 19.8. The van der Waals surface area contributed by atoms with Crippen molar-refractivity contribution in [1.29, 1.82) is 0 Å². The molecule has 0 saturated heterocycles. The van der Waals surface area contributed by atoms with Crippen LogP contribution in [0.2, 0.25) is 6.04 Å². The molecule has 0 bridgehead atoms. The van der Waals surface area contributed by atoms with Crippen LogP contribution in [0.3, 0.4) is 0 Å². The first-order valence-electron chi connectivity index (χ1n) is 49.9. The molecule has 0 unspecified atom stereocenters. The van der Waals surface area contributed by atoms with E-state index < -0.39 is 8.80 Å². The van der Waals surface area contributed by atoms with E-state index >= 15 is 0 Å². The molecule has 620 valence electrons. The predicted molar refractivity (Wildman–Crippen MR) is 471 cm³/mol. The van der Waals surface area contributed by atoms with Crippen molar-refractivity contribution >= 4 is 8.80 Å². The molecule has 0 heterocycles. The molecule has 0 aliphatic heterocycles. The van der Waals surface area contributed by atoms with Gasteiger partial charge in [0.05, 0.1) is 11.2 Å². The Labute approximate surface area is 656 Å². The molecule has 0 aromatic heterocycles. The summed E-state index contributed by atoms with van der Waals surface area (Å²) in [6, 6.07) is 1.05. The summed E-state index contributed by atoms with van der Waals surface area (Å²) in [7, 11) is -3.34. The van der Waals surface area contributed by atoms with Crippen LogP contribution < -0.4 is 0 Å². The van der Waals surface area contributed by atoms with E-state index in [-0.39, 0.29) is 11.2 Å². The number of hydrogen-bond acceptors (Lipinski definition) is 3. The van der Waals surface area contributed by atoms with Crippen molar-refractivity contribution in [2.24, 2.45) is 0 Å². The van der Waals surface area contributed by atoms with Crippen LogP contribution in [0.25, 0.3) is 0 Å². The Morgan fingerprint density at radius 1 is 0.146 bits per heavy atom. The largest absolute Gasteiger partial charge is 0.501 e. The summed E-state index contributed by atoms with van der Waals surface area (Å²) in [5, 5.41) is 0. The first-order valence-corrected chi connectivity index (χ1v) is 51.9. The molecule has 0 saturated carbocycles. The standard InChI is InChI=1S/C99H202O3Si/c1-9-17-25-33-41-49-57-64-72-80-88-96-100-103(97-89-81-73-65-56-48-40-32-24-16-8,101-98(90-82-74-66-58-50-42-34-26-18-10-2,91-83-75-67-59-51-43-35-27-19-11-3)92-84-76-68-60-52-44-36-28-20-12-4)102-99(93-85-77-69-61-53-45-37-29-21-13-5,94-86-78-70-62-54-46-38-30-22-14-6)95-87-79-71-63-55-47-39-31-23-15-7/h9-97H2,1-8H3. The molecule has 0 radical (unpaired) electrons. The van der Waals surface area contributed by atoms with Crippen molar-refractivity contribution in [3.8, 4) is 0 Å². The van der Waals surface area contributed by atoms with Crippen molar-refractivity contribution in [2.45, 2.75) is 631 Å². The van der Waals surface area contributed by atoms with Crippen LogP contribution in [0.15, 0.2) is 0 Å². The van der Waals surface area contributed by atoms with Gasteiger partial charge in [-0.2, -0.15) is 0 Å². The molecule has 3 nitrogen and oxygen atoms in total. The maximum absolute atomic E-state index is 8.91. The molecule has 0 N–H and O–H groups in total. The molecular formula is C99H202O3Si. The maximum atomic E-state index is 8.91. The van der Waals surface area contributed by atoms with Crippen LogP contribution in [0, 0.1) is 0 Å². The monoisotopic (exact) mass is 1470 g/mol. The zero-order chi connectivity index (χ0) is 74.6. The molecule has 0 spiro atoms. The van der Waals surface area contributed by atoms with E-state index in [1.54, 1.807) is 0 Å². The summed E-state index contributed by atoms with van der Waals surface area (Å²) in [5.74, 6) is 0. The van der Waals surface area contributed by atoms with Crippen LogP contribution in [0.4, 0.5) is 0 Å². The topological polar surface area (TPSA) is 27.7 Å². The normalized spacial score (nSPS) is 12.3. The van der Waals surface area contributed by atoms with Crippen LogP contribution in [-0.4, -0.2) is 26.6 Å². The minimum Gasteiger partial charge on any atom is -0.373 e. The van der Waals surface area contributed by atoms with E-state index in [4.69, 9.17) is 13.3 Å². The van der Waals surface area contributed by atoms with Crippen LogP contribution in [0.1, 0.15) is 614 Å². The van der Waals surface area contributed by atoms with Gasteiger partial charge in [0.25, 0.3) is 0 Å². The molecule has 0 aliphatic rings. The Balaban J connectivity index is 8.23. The smallest absolute Gasteiger partial charge is 0.373 e. The molecule has 103 heavy (non-hydrogen) atoms. The third kappa shape index (κ3) is 73.3. The molecule has 0 aromatic carbocycles. The van der Waals surface area contributed by atoms with Crippen molar-refractivity contribution in [3.05, 3.63) is 0 Å². The van der Waals surface area contributed by atoms with E-state index in [2.05, 4.69) is 55.4 Å². The summed E-state index contributed by atoms with van der Waals surface area (Å²) < 4.78 is 26.0. The van der Waals surface area contributed by atoms with Crippen molar-refractivity contribution in [2.75, 3.05) is 6.61 Å². The highest BCUT2D eigenvalue weighted by atomic mass is 28.4. The van der Waals surface area contributed by atoms with E-state index in [9.17, 15) is 0 Å². The summed E-state index contributed by atoms with van der Waals surface area (Å²) >= 11 is 0. The predicted octanol–water partition coefficient (Wildman–Crippen LogP) is 37.6. The van der Waals surface area contributed by atoms with E-state index in [1.165, 1.54) is 559 Å². The third-order valence-electron chi connectivity index (χ3n) is 24.6. The molecule has 0 amide bonds. The van der Waals surface area contributed by atoms with Crippen LogP contribution >= 0.6 is 0 Å². The lowest BCUT2D eigenvalue weighted by atomic mass is 9.85. The first kappa shape index (κ1) is 103. The highest BCUT2D eigenvalue weighted by Crippen LogP contribution is 2.44. The second kappa shape index (κ2) is 86.1. The average molecular weight is 1470 g/mol. The lowest BCUT2D eigenvalue weighted by molar-refractivity contribution is -0.0990. The Hall–Kier alpha value is 0.0969. The van der Waals surface area contributed by atoms with Crippen LogP contribution in [-0.2, 0) is 13.3 Å². The number of unbranched alkanes of at least 4 members (excludes halogenated alkanes) is 73. The second-order valence-electron chi connectivity index (χ2n) is 35.2. The Bertz CT molecular complexity index is 1310. The lowest BCUT2D eigenvalue weighted by Crippen LogP contribution is -2.58. The van der Waals surface area contributed by atoms with Gasteiger partial charge in [-0.25, -0.2) is 0 Å². The van der Waals surface area contributed by atoms with Gasteiger partial charge in [0.1, 0.15) is 0 Å². The fourth-order valence-electron chi connectivity index (χ4n) is 17.4. The molecular weight excluding hydrogens is 1270 g/mol. The van der Waals surface area contributed by atoms with Gasteiger partial charge in [-0.15, -0.1) is 0 Å². The summed E-state index contributed by atoms with van der Waals surface area (Å²) in [4.78, 5) is 0. The van der Waals surface area contributed by atoms with E-state index in [0.29, 0.717) is 0 Å². The quantitative estimate of drug-likeness (QED) is 0.0449. The SMILES string of the molecule is CCCCCCCCCCCCCO[Si](CCCCCCCCCCCC)(OC(CCCCCCCCCCCC)(CCCCCCCCCCCC)CCCCCCCCCCCC)OC(CCCCCCCCCCCC)(CCCCCCCCCCCC)CCCCCCCCCCCC. The van der Waals surface area contributed by atoms with Gasteiger partial charge in [0, 0.05) is 12.7 Å². The zero-order valence-corrected chi connectivity index (χ0v) is 74.7. The highest BCUT2D eigenvalue weighted by Gasteiger charge is 2.52. The third-order valence-corrected chi connectivity index (χ3v) is 27.7. The van der Waals surface area contributed by atoms with Crippen molar-refractivity contribution in [3.63, 3.8) is 0 Å². The van der Waals surface area contributed by atoms with Gasteiger partial charge in [0.2, 0.25) is 0 Å². The first-order chi connectivity index (χ1) is 50.9. The molecule has 0 rings (SSSR count). The van der Waals surface area contributed by atoms with E-state index in [0.717, 1.165) is 12.7 Å². The highest BCUT2D eigenvalue weighted by molar-refractivity contribution is 6.61. The van der Waals surface area contributed by atoms with Crippen molar-refractivity contribution < 1.29 is 13.3 Å². The molecule has 4 heteroatoms. The molecule has 0 atom stereocenters. The lowest BCUT2D eigenvalue weighted by Gasteiger charge is -2.47. The number of hydrogen-bond donors (Lipinski definition) is 0. The summed E-state index contributed by atoms with van der Waals surface area (Å²) in [5.41, 5.74) is -0.334. The Morgan fingerprint density at radius 3 is 0.427 bits per heavy atom. The van der Waals surface area contributed by atoms with Crippen molar-refractivity contribution in [1.82, 2.24) is 0 Å². The molecule has 0 aromatic rings. The Morgan fingerprint density at radius 2 is 0.272 bits per heavy atom. The fourth-order valence-corrected chi connectivity index (χ4v) is 21.0. The van der Waals surface area contributed by atoms with E-state index in [1.807, 2.05) is 0 Å². The maximum Gasteiger partial charge on any atom is 0.501 e. The van der Waals surface area contributed by atoms with Crippen LogP contribution in [0.5, 0.6) is 0 Å². The number of rotatable bonds is 94. The second-order valence-corrected chi connectivity index (χ2v) is 37.7. The zero-order valence-electron chi connectivity index (χ0n) is 73.7. The minimum absolute atomic E-state index is 0.167. The van der Waals surface area contributed by atoms with Gasteiger partial charge in [-0.3, -0.25) is 0 Å². The average Bonchev–Trinajstić information content (AvgIpc) is 0.787. The van der Waals surface area contributed by atoms with Gasteiger partial charge < -0.3 is 13.3 Å². The Kier molecular flexibility index (Phi) is 86.2.